The van der Waals surface area contributed by atoms with E-state index in [4.69, 9.17) is 14.9 Å². The Kier molecular flexibility index (Phi) is 4.62. The standard InChI is InChI=1S/C22H18FN5O4/c1-12-20(25-21(31-12)19(24)29)32-17-9-7-14(11-15(17)23)28-22(30)27-16(8-10-18(27)26-28)13-5-3-2-4-6-13/h2-7,9,11,16H,8,10H2,1H3,(H2,24,29)/t16-/m0/s1. The zero-order valence-corrected chi connectivity index (χ0v) is 17.0. The Balaban J connectivity index is 1.46. The molecule has 0 bridgehead atoms. The van der Waals surface area contributed by atoms with Gasteiger partial charge in [-0.2, -0.15) is 9.67 Å². The summed E-state index contributed by atoms with van der Waals surface area (Å²) in [6.45, 7) is 1.51. The van der Waals surface area contributed by atoms with Crippen molar-refractivity contribution in [3.05, 3.63) is 87.9 Å². The number of amides is 1. The van der Waals surface area contributed by atoms with Gasteiger partial charge in [0.2, 0.25) is 0 Å². The molecule has 162 valence electrons. The van der Waals surface area contributed by atoms with Crippen LogP contribution in [0.3, 0.4) is 0 Å². The summed E-state index contributed by atoms with van der Waals surface area (Å²) in [4.78, 5) is 28.1. The van der Waals surface area contributed by atoms with Crippen LogP contribution in [0.1, 0.15) is 40.3 Å². The molecule has 1 amide bonds. The Labute approximate surface area is 180 Å². The Bertz CT molecular complexity index is 1390. The van der Waals surface area contributed by atoms with E-state index in [0.717, 1.165) is 18.1 Å². The van der Waals surface area contributed by atoms with Gasteiger partial charge in [-0.15, -0.1) is 5.10 Å². The summed E-state index contributed by atoms with van der Waals surface area (Å²) in [5.41, 5.74) is 6.09. The normalized spacial score (nSPS) is 15.0. The van der Waals surface area contributed by atoms with Crippen molar-refractivity contribution in [3.63, 3.8) is 0 Å². The van der Waals surface area contributed by atoms with Crippen molar-refractivity contribution in [2.45, 2.75) is 25.8 Å². The highest BCUT2D eigenvalue weighted by atomic mass is 19.1. The van der Waals surface area contributed by atoms with E-state index in [-0.39, 0.29) is 40.7 Å². The fourth-order valence-corrected chi connectivity index (χ4v) is 3.85. The zero-order valence-electron chi connectivity index (χ0n) is 17.0. The smallest absolute Gasteiger partial charge is 0.351 e. The number of fused-ring (bicyclic) bond motifs is 1. The monoisotopic (exact) mass is 435 g/mol. The van der Waals surface area contributed by atoms with Crippen LogP contribution in [0.15, 0.2) is 57.7 Å². The van der Waals surface area contributed by atoms with Crippen molar-refractivity contribution in [1.82, 2.24) is 19.3 Å². The molecule has 9 nitrogen and oxygen atoms in total. The molecule has 0 saturated carbocycles. The molecule has 0 radical (unpaired) electrons. The van der Waals surface area contributed by atoms with Crippen molar-refractivity contribution in [1.29, 1.82) is 0 Å². The molecule has 1 aliphatic heterocycles. The van der Waals surface area contributed by atoms with Crippen LogP contribution in [0.25, 0.3) is 5.69 Å². The minimum atomic E-state index is -0.861. The van der Waals surface area contributed by atoms with E-state index < -0.39 is 11.7 Å². The van der Waals surface area contributed by atoms with Crippen LogP contribution in [0.2, 0.25) is 0 Å². The number of aromatic nitrogens is 4. The van der Waals surface area contributed by atoms with E-state index in [9.17, 15) is 14.0 Å². The highest BCUT2D eigenvalue weighted by molar-refractivity contribution is 5.88. The molecule has 0 unspecified atom stereocenters. The number of nitrogens with zero attached hydrogens (tertiary/aromatic N) is 4. The third-order valence-corrected chi connectivity index (χ3v) is 5.35. The highest BCUT2D eigenvalue weighted by Crippen LogP contribution is 2.31. The summed E-state index contributed by atoms with van der Waals surface area (Å²) in [6.07, 6.45) is 1.44. The van der Waals surface area contributed by atoms with Crippen LogP contribution >= 0.6 is 0 Å². The molecule has 2 N–H and O–H groups in total. The molecule has 1 atom stereocenters. The topological polar surface area (TPSA) is 118 Å². The molecule has 4 aromatic rings. The number of primary amides is 1. The molecule has 2 aromatic carbocycles. The number of hydrogen-bond donors (Lipinski definition) is 1. The van der Waals surface area contributed by atoms with Gasteiger partial charge in [-0.3, -0.25) is 9.36 Å². The number of oxazole rings is 1. The summed E-state index contributed by atoms with van der Waals surface area (Å²) in [6, 6.07) is 13.7. The molecule has 2 aromatic heterocycles. The number of aryl methyl sites for hydroxylation is 2. The summed E-state index contributed by atoms with van der Waals surface area (Å²) < 4.78 is 28.1. The van der Waals surface area contributed by atoms with Crippen molar-refractivity contribution in [2.24, 2.45) is 5.73 Å². The second-order valence-electron chi connectivity index (χ2n) is 7.41. The largest absolute Gasteiger partial charge is 0.434 e. The average Bonchev–Trinajstić information content (AvgIpc) is 3.45. The van der Waals surface area contributed by atoms with E-state index in [2.05, 4.69) is 10.1 Å². The Morgan fingerprint density at radius 3 is 2.72 bits per heavy atom. The number of halogens is 1. The Hall–Kier alpha value is -4.21. The molecule has 0 spiro atoms. The quantitative estimate of drug-likeness (QED) is 0.515. The maximum Gasteiger partial charge on any atom is 0.351 e. The van der Waals surface area contributed by atoms with Crippen LogP contribution < -0.4 is 16.2 Å². The Morgan fingerprint density at radius 2 is 2.03 bits per heavy atom. The number of ether oxygens (including phenoxy) is 1. The number of rotatable bonds is 5. The van der Waals surface area contributed by atoms with Gasteiger partial charge in [0, 0.05) is 12.5 Å². The third kappa shape index (κ3) is 3.25. The predicted octanol–water partition coefficient (Wildman–Crippen LogP) is 2.90. The number of benzene rings is 2. The molecule has 0 aliphatic carbocycles. The highest BCUT2D eigenvalue weighted by Gasteiger charge is 2.29. The second kappa shape index (κ2) is 7.49. The summed E-state index contributed by atoms with van der Waals surface area (Å²) in [7, 11) is 0. The fourth-order valence-electron chi connectivity index (χ4n) is 3.85. The predicted molar refractivity (Wildman–Crippen MR) is 111 cm³/mol. The lowest BCUT2D eigenvalue weighted by atomic mass is 10.1. The van der Waals surface area contributed by atoms with Crippen LogP contribution in [0.5, 0.6) is 11.6 Å². The minimum Gasteiger partial charge on any atom is -0.434 e. The van der Waals surface area contributed by atoms with Gasteiger partial charge >= 0.3 is 11.6 Å². The first-order valence-corrected chi connectivity index (χ1v) is 9.93. The van der Waals surface area contributed by atoms with Crippen LogP contribution in [0, 0.1) is 12.7 Å². The summed E-state index contributed by atoms with van der Waals surface area (Å²) in [5.74, 6) is -1.32. The van der Waals surface area contributed by atoms with Crippen LogP contribution in [-0.2, 0) is 6.42 Å². The second-order valence-corrected chi connectivity index (χ2v) is 7.41. The van der Waals surface area contributed by atoms with Crippen LogP contribution in [-0.4, -0.2) is 25.2 Å². The molecule has 5 rings (SSSR count). The molecular weight excluding hydrogens is 417 g/mol. The third-order valence-electron chi connectivity index (χ3n) is 5.35. The first-order chi connectivity index (χ1) is 15.4. The SMILES string of the molecule is Cc1oc(C(N)=O)nc1Oc1ccc(-n2nc3n(c2=O)[C@H](c2ccccc2)CC3)cc1F. The van der Waals surface area contributed by atoms with Gasteiger partial charge in [0.25, 0.3) is 11.8 Å². The van der Waals surface area contributed by atoms with Crippen LogP contribution in [0.4, 0.5) is 4.39 Å². The molecule has 0 fully saturated rings. The maximum absolute atomic E-state index is 14.8. The summed E-state index contributed by atoms with van der Waals surface area (Å²) in [5, 5.41) is 4.41. The lowest BCUT2D eigenvalue weighted by Gasteiger charge is -2.12. The lowest BCUT2D eigenvalue weighted by Crippen LogP contribution is -2.26. The van der Waals surface area contributed by atoms with E-state index in [1.54, 1.807) is 4.57 Å². The van der Waals surface area contributed by atoms with Gasteiger partial charge in [0.1, 0.15) is 5.82 Å². The maximum atomic E-state index is 14.8. The van der Waals surface area contributed by atoms with Crippen molar-refractivity contribution >= 4 is 5.91 Å². The lowest BCUT2D eigenvalue weighted by molar-refractivity contribution is 0.0966. The number of carbonyl (C=O) groups excluding carboxylic acids is 1. The first-order valence-electron chi connectivity index (χ1n) is 9.93. The van der Waals surface area contributed by atoms with E-state index >= 15 is 0 Å². The summed E-state index contributed by atoms with van der Waals surface area (Å²) >= 11 is 0. The van der Waals surface area contributed by atoms with Gasteiger partial charge in [-0.1, -0.05) is 30.3 Å². The number of hydrogen-bond acceptors (Lipinski definition) is 6. The molecule has 0 saturated heterocycles. The van der Waals surface area contributed by atoms with E-state index in [0.29, 0.717) is 12.2 Å². The molecule has 32 heavy (non-hydrogen) atoms. The number of nitrogens with two attached hydrogens (primary N) is 1. The van der Waals surface area contributed by atoms with Crippen molar-refractivity contribution < 1.29 is 18.3 Å². The van der Waals surface area contributed by atoms with Gasteiger partial charge in [-0.05, 0) is 31.0 Å². The van der Waals surface area contributed by atoms with Gasteiger partial charge in [-0.25, -0.2) is 9.18 Å². The molecular formula is C22H18FN5O4. The molecule has 3 heterocycles. The van der Waals surface area contributed by atoms with Gasteiger partial charge in [0.15, 0.2) is 17.3 Å². The van der Waals surface area contributed by atoms with E-state index in [1.165, 1.54) is 23.7 Å². The average molecular weight is 435 g/mol. The molecule has 1 aliphatic rings. The van der Waals surface area contributed by atoms with Gasteiger partial charge < -0.3 is 14.9 Å². The van der Waals surface area contributed by atoms with Crippen molar-refractivity contribution in [3.8, 4) is 17.3 Å². The zero-order chi connectivity index (χ0) is 22.4. The number of carbonyl (C=O) groups is 1. The van der Waals surface area contributed by atoms with Crippen molar-refractivity contribution in [2.75, 3.05) is 0 Å². The fraction of sp³-hybridized carbons (Fsp3) is 0.182. The van der Waals surface area contributed by atoms with E-state index in [1.807, 2.05) is 30.3 Å². The molecule has 10 heteroatoms. The first kappa shape index (κ1) is 19.7. The Morgan fingerprint density at radius 1 is 1.25 bits per heavy atom. The van der Waals surface area contributed by atoms with Gasteiger partial charge in [0.05, 0.1) is 11.7 Å². The minimum absolute atomic E-state index is 0.0747.